The molecule has 0 aliphatic carbocycles. The van der Waals surface area contributed by atoms with E-state index in [2.05, 4.69) is 32.9 Å². The third kappa shape index (κ3) is 35.5. The lowest BCUT2D eigenvalue weighted by molar-refractivity contribution is -0.167. The van der Waals surface area contributed by atoms with E-state index in [1.165, 1.54) is 116 Å². The molecule has 0 aliphatic heterocycles. The Morgan fingerprint density at radius 3 is 1.10 bits per heavy atom. The second kappa shape index (κ2) is 38.0. The fraction of sp³-hybridized carbons (Fsp3) is 0.881. The number of carbonyl (C=O) groups is 3. The van der Waals surface area contributed by atoms with E-state index in [0.29, 0.717) is 19.3 Å². The van der Waals surface area contributed by atoms with Crippen LogP contribution in [0.25, 0.3) is 0 Å². The fourth-order valence-corrected chi connectivity index (χ4v) is 5.83. The normalized spacial score (nSPS) is 12.0. The molecule has 0 bridgehead atoms. The third-order valence-electron chi connectivity index (χ3n) is 9.02. The molecule has 0 aliphatic rings. The number of allylic oxidation sites excluding steroid dienone is 2. The zero-order valence-corrected chi connectivity index (χ0v) is 32.0. The number of carbonyl (C=O) groups excluding carboxylic acids is 3. The van der Waals surface area contributed by atoms with Gasteiger partial charge in [-0.1, -0.05) is 174 Å². The van der Waals surface area contributed by atoms with Gasteiger partial charge in [0.25, 0.3) is 0 Å². The molecular formula is C42H78O6. The van der Waals surface area contributed by atoms with Gasteiger partial charge < -0.3 is 14.2 Å². The first-order chi connectivity index (χ1) is 23.5. The number of ether oxygens (including phenoxy) is 3. The Morgan fingerprint density at radius 1 is 0.396 bits per heavy atom. The van der Waals surface area contributed by atoms with Crippen molar-refractivity contribution in [3.63, 3.8) is 0 Å². The second-order valence-electron chi connectivity index (χ2n) is 13.9. The summed E-state index contributed by atoms with van der Waals surface area (Å²) in [6.45, 7) is 6.55. The number of unbranched alkanes of at least 4 members (excludes halogenated alkanes) is 24. The lowest BCUT2D eigenvalue weighted by atomic mass is 10.1. The van der Waals surface area contributed by atoms with Crippen LogP contribution in [0, 0.1) is 0 Å². The van der Waals surface area contributed by atoms with Crippen molar-refractivity contribution in [2.45, 2.75) is 226 Å². The molecule has 0 unspecified atom stereocenters. The quantitative estimate of drug-likeness (QED) is 0.0282. The van der Waals surface area contributed by atoms with Gasteiger partial charge in [0.05, 0.1) is 0 Å². The van der Waals surface area contributed by atoms with E-state index in [1.807, 2.05) is 0 Å². The average Bonchev–Trinajstić information content (AvgIpc) is 3.08. The van der Waals surface area contributed by atoms with E-state index in [1.54, 1.807) is 0 Å². The van der Waals surface area contributed by atoms with Crippen LogP contribution in [0.2, 0.25) is 0 Å². The molecule has 0 heterocycles. The first kappa shape index (κ1) is 46.1. The minimum Gasteiger partial charge on any atom is -0.462 e. The zero-order valence-electron chi connectivity index (χ0n) is 32.0. The van der Waals surface area contributed by atoms with Crippen molar-refractivity contribution in [3.05, 3.63) is 12.2 Å². The van der Waals surface area contributed by atoms with Crippen LogP contribution in [-0.4, -0.2) is 37.2 Å². The maximum atomic E-state index is 12.6. The molecule has 0 rings (SSSR count). The van der Waals surface area contributed by atoms with Crippen molar-refractivity contribution >= 4 is 17.9 Å². The average molecular weight is 679 g/mol. The molecule has 0 fully saturated rings. The summed E-state index contributed by atoms with van der Waals surface area (Å²) in [5.41, 5.74) is 0. The van der Waals surface area contributed by atoms with Gasteiger partial charge in [-0.25, -0.2) is 0 Å². The molecule has 0 aromatic heterocycles. The summed E-state index contributed by atoms with van der Waals surface area (Å²) in [6, 6.07) is 0. The highest BCUT2D eigenvalue weighted by molar-refractivity contribution is 5.71. The minimum absolute atomic E-state index is 0.0692. The van der Waals surface area contributed by atoms with Crippen LogP contribution < -0.4 is 0 Å². The molecule has 0 aromatic rings. The number of esters is 3. The number of hydrogen-bond acceptors (Lipinski definition) is 6. The highest BCUT2D eigenvalue weighted by atomic mass is 16.6. The summed E-state index contributed by atoms with van der Waals surface area (Å²) in [7, 11) is 0. The van der Waals surface area contributed by atoms with E-state index in [-0.39, 0.29) is 31.1 Å². The second-order valence-corrected chi connectivity index (χ2v) is 13.9. The highest BCUT2D eigenvalue weighted by Gasteiger charge is 2.19. The molecule has 0 saturated heterocycles. The Balaban J connectivity index is 4.36. The number of rotatable bonds is 37. The minimum atomic E-state index is -0.762. The van der Waals surface area contributed by atoms with Gasteiger partial charge in [-0.05, 0) is 38.5 Å². The van der Waals surface area contributed by atoms with Gasteiger partial charge in [0, 0.05) is 19.3 Å². The Bertz CT molecular complexity index is 748. The molecule has 0 aromatic carbocycles. The summed E-state index contributed by atoms with van der Waals surface area (Å²) in [5.74, 6) is -0.882. The molecular weight excluding hydrogens is 600 g/mol. The van der Waals surface area contributed by atoms with E-state index in [4.69, 9.17) is 14.2 Å². The molecule has 282 valence electrons. The van der Waals surface area contributed by atoms with Gasteiger partial charge in [-0.15, -0.1) is 0 Å². The van der Waals surface area contributed by atoms with E-state index < -0.39 is 6.10 Å². The first-order valence-corrected chi connectivity index (χ1v) is 20.7. The lowest BCUT2D eigenvalue weighted by Crippen LogP contribution is -2.30. The maximum Gasteiger partial charge on any atom is 0.306 e. The van der Waals surface area contributed by atoms with Crippen molar-refractivity contribution in [2.75, 3.05) is 13.2 Å². The van der Waals surface area contributed by atoms with Crippen LogP contribution in [0.4, 0.5) is 0 Å². The summed E-state index contributed by atoms with van der Waals surface area (Å²) in [6.07, 6.45) is 37.6. The lowest BCUT2D eigenvalue weighted by Gasteiger charge is -2.18. The van der Waals surface area contributed by atoms with Crippen molar-refractivity contribution < 1.29 is 28.6 Å². The topological polar surface area (TPSA) is 78.9 Å². The number of hydrogen-bond donors (Lipinski definition) is 0. The highest BCUT2D eigenvalue weighted by Crippen LogP contribution is 2.14. The molecule has 6 heteroatoms. The van der Waals surface area contributed by atoms with Crippen molar-refractivity contribution in [1.29, 1.82) is 0 Å². The zero-order chi connectivity index (χ0) is 35.2. The fourth-order valence-electron chi connectivity index (χ4n) is 5.83. The van der Waals surface area contributed by atoms with Crippen molar-refractivity contribution in [1.82, 2.24) is 0 Å². The van der Waals surface area contributed by atoms with Crippen LogP contribution in [0.15, 0.2) is 12.2 Å². The van der Waals surface area contributed by atoms with E-state index in [0.717, 1.165) is 64.2 Å². The van der Waals surface area contributed by atoms with Crippen LogP contribution in [0.3, 0.4) is 0 Å². The molecule has 0 N–H and O–H groups in total. The van der Waals surface area contributed by atoms with Gasteiger partial charge >= 0.3 is 17.9 Å². The predicted molar refractivity (Wildman–Crippen MR) is 201 cm³/mol. The van der Waals surface area contributed by atoms with E-state index in [9.17, 15) is 14.4 Å². The SMILES string of the molecule is CCCC/C=C\CCCCCCCC(=O)OC[C@@H](COC(=O)CCCCCCCCCCC)OC(=O)CCCCCCCCCCCC. The Labute approximate surface area is 297 Å². The molecule has 48 heavy (non-hydrogen) atoms. The molecule has 0 saturated carbocycles. The summed E-state index contributed by atoms with van der Waals surface area (Å²) in [4.78, 5) is 37.4. The molecule has 0 radical (unpaired) electrons. The Morgan fingerprint density at radius 2 is 0.708 bits per heavy atom. The van der Waals surface area contributed by atoms with Gasteiger partial charge in [0.15, 0.2) is 6.10 Å². The van der Waals surface area contributed by atoms with Crippen LogP contribution >= 0.6 is 0 Å². The van der Waals surface area contributed by atoms with Gasteiger partial charge in [-0.2, -0.15) is 0 Å². The Kier molecular flexibility index (Phi) is 36.5. The first-order valence-electron chi connectivity index (χ1n) is 20.7. The van der Waals surface area contributed by atoms with Gasteiger partial charge in [0.2, 0.25) is 0 Å². The largest absolute Gasteiger partial charge is 0.462 e. The van der Waals surface area contributed by atoms with Crippen molar-refractivity contribution in [2.24, 2.45) is 0 Å². The molecule has 0 spiro atoms. The predicted octanol–water partition coefficient (Wildman–Crippen LogP) is 12.7. The maximum absolute atomic E-state index is 12.6. The molecule has 1 atom stereocenters. The van der Waals surface area contributed by atoms with Gasteiger partial charge in [0.1, 0.15) is 13.2 Å². The molecule has 0 amide bonds. The summed E-state index contributed by atoms with van der Waals surface area (Å²) in [5, 5.41) is 0. The molecule has 6 nitrogen and oxygen atoms in total. The van der Waals surface area contributed by atoms with Crippen LogP contribution in [-0.2, 0) is 28.6 Å². The van der Waals surface area contributed by atoms with Crippen LogP contribution in [0.1, 0.15) is 220 Å². The Hall–Kier alpha value is -1.85. The van der Waals surface area contributed by atoms with E-state index >= 15 is 0 Å². The summed E-state index contributed by atoms with van der Waals surface area (Å²) >= 11 is 0. The smallest absolute Gasteiger partial charge is 0.306 e. The van der Waals surface area contributed by atoms with Gasteiger partial charge in [-0.3, -0.25) is 14.4 Å². The standard InChI is InChI=1S/C42H78O6/c1-4-7-10-13-16-19-21-24-26-29-32-35-41(44)47-38-39(37-46-40(43)34-31-28-25-22-18-15-12-9-6-3)48-42(45)36-33-30-27-23-20-17-14-11-8-5-2/h13,16,39H,4-12,14-15,17-38H2,1-3H3/b16-13-/t39-/m1/s1. The monoisotopic (exact) mass is 679 g/mol. The van der Waals surface area contributed by atoms with Crippen molar-refractivity contribution in [3.8, 4) is 0 Å². The summed E-state index contributed by atoms with van der Waals surface area (Å²) < 4.78 is 16.6. The third-order valence-corrected chi connectivity index (χ3v) is 9.02. The van der Waals surface area contributed by atoms with Crippen LogP contribution in [0.5, 0.6) is 0 Å².